The maximum absolute atomic E-state index is 12.0. The van der Waals surface area contributed by atoms with E-state index in [4.69, 9.17) is 0 Å². The van der Waals surface area contributed by atoms with Gasteiger partial charge in [-0.2, -0.15) is 0 Å². The molecule has 84 valence electrons. The number of hydrogen-bond acceptors (Lipinski definition) is 1. The number of carbonyl (C=O) groups excluding carboxylic acids is 1. The summed E-state index contributed by atoms with van der Waals surface area (Å²) in [5, 5.41) is 3.19. The molecule has 0 aliphatic heterocycles. The van der Waals surface area contributed by atoms with Crippen LogP contribution in [-0.4, -0.2) is 11.9 Å². The lowest BCUT2D eigenvalue weighted by Crippen LogP contribution is -2.38. The molecule has 1 N–H and O–H groups in total. The fraction of sp³-hybridized carbons (Fsp3) is 0.500. The lowest BCUT2D eigenvalue weighted by atomic mass is 9.95. The number of nitrogens with one attached hydrogen (secondary N) is 1. The molecule has 0 heterocycles. The number of benzene rings is 1. The molecule has 0 spiro atoms. The van der Waals surface area contributed by atoms with Crippen LogP contribution in [0.3, 0.4) is 0 Å². The van der Waals surface area contributed by atoms with Crippen LogP contribution in [0, 0.1) is 11.8 Å². The monoisotopic (exact) mass is 215 g/mol. The third-order valence-electron chi connectivity index (χ3n) is 4.09. The molecule has 16 heavy (non-hydrogen) atoms. The maximum Gasteiger partial charge on any atom is 0.251 e. The third-order valence-corrected chi connectivity index (χ3v) is 4.09. The van der Waals surface area contributed by atoms with Crippen molar-refractivity contribution in [3.8, 4) is 0 Å². The smallest absolute Gasteiger partial charge is 0.251 e. The van der Waals surface area contributed by atoms with Crippen molar-refractivity contribution in [2.24, 2.45) is 11.8 Å². The molecule has 3 atom stereocenters. The van der Waals surface area contributed by atoms with Crippen LogP contribution in [0.4, 0.5) is 0 Å². The van der Waals surface area contributed by atoms with Crippen molar-refractivity contribution in [2.45, 2.75) is 31.7 Å². The molecular formula is C14H17NO. The molecule has 0 radical (unpaired) electrons. The normalized spacial score (nSPS) is 31.6. The molecule has 0 aromatic heterocycles. The van der Waals surface area contributed by atoms with Crippen molar-refractivity contribution in [1.29, 1.82) is 0 Å². The van der Waals surface area contributed by atoms with Crippen LogP contribution < -0.4 is 5.32 Å². The summed E-state index contributed by atoms with van der Waals surface area (Å²) in [4.78, 5) is 12.0. The van der Waals surface area contributed by atoms with Gasteiger partial charge in [0, 0.05) is 11.6 Å². The second kappa shape index (κ2) is 3.93. The van der Waals surface area contributed by atoms with Crippen molar-refractivity contribution >= 4 is 5.91 Å². The summed E-state index contributed by atoms with van der Waals surface area (Å²) in [7, 11) is 0. The Labute approximate surface area is 96.1 Å². The van der Waals surface area contributed by atoms with Gasteiger partial charge in [-0.1, -0.05) is 24.6 Å². The number of carbonyl (C=O) groups is 1. The van der Waals surface area contributed by atoms with Gasteiger partial charge in [0.05, 0.1) is 0 Å². The molecule has 3 rings (SSSR count). The van der Waals surface area contributed by atoms with E-state index in [0.29, 0.717) is 6.04 Å². The molecule has 2 aliphatic rings. The first-order chi connectivity index (χ1) is 7.83. The van der Waals surface area contributed by atoms with Crippen molar-refractivity contribution in [3.63, 3.8) is 0 Å². The first-order valence-electron chi connectivity index (χ1n) is 6.19. The summed E-state index contributed by atoms with van der Waals surface area (Å²) >= 11 is 0. The van der Waals surface area contributed by atoms with Crippen molar-refractivity contribution in [3.05, 3.63) is 35.9 Å². The van der Waals surface area contributed by atoms with Crippen LogP contribution in [0.15, 0.2) is 30.3 Å². The second-order valence-electron chi connectivity index (χ2n) is 5.12. The number of hydrogen-bond donors (Lipinski definition) is 1. The van der Waals surface area contributed by atoms with Crippen LogP contribution in [0.2, 0.25) is 0 Å². The quantitative estimate of drug-likeness (QED) is 0.807. The Morgan fingerprint density at radius 1 is 1.12 bits per heavy atom. The van der Waals surface area contributed by atoms with Crippen LogP contribution >= 0.6 is 0 Å². The Balaban J connectivity index is 1.65. The fourth-order valence-corrected chi connectivity index (χ4v) is 3.26. The highest BCUT2D eigenvalue weighted by molar-refractivity contribution is 5.94. The van der Waals surface area contributed by atoms with Crippen LogP contribution in [-0.2, 0) is 0 Å². The number of fused-ring (bicyclic) bond motifs is 2. The Morgan fingerprint density at radius 2 is 1.94 bits per heavy atom. The van der Waals surface area contributed by atoms with Gasteiger partial charge in [-0.15, -0.1) is 0 Å². The fourth-order valence-electron chi connectivity index (χ4n) is 3.26. The molecule has 2 nitrogen and oxygen atoms in total. The molecule has 2 saturated carbocycles. The molecule has 0 unspecified atom stereocenters. The van der Waals surface area contributed by atoms with Gasteiger partial charge in [0.1, 0.15) is 0 Å². The zero-order chi connectivity index (χ0) is 11.0. The van der Waals surface area contributed by atoms with Gasteiger partial charge in [0.25, 0.3) is 5.91 Å². The Kier molecular flexibility index (Phi) is 2.43. The number of rotatable bonds is 2. The van der Waals surface area contributed by atoms with E-state index in [1.807, 2.05) is 30.3 Å². The SMILES string of the molecule is O=C(N[C@H]1C[C@H]2CC[C@H]1C2)c1ccccc1. The summed E-state index contributed by atoms with van der Waals surface area (Å²) in [5.41, 5.74) is 0.783. The average Bonchev–Trinajstić information content (AvgIpc) is 2.92. The van der Waals surface area contributed by atoms with E-state index < -0.39 is 0 Å². The zero-order valence-corrected chi connectivity index (χ0v) is 9.36. The van der Waals surface area contributed by atoms with Gasteiger partial charge in [0.15, 0.2) is 0 Å². The number of amides is 1. The minimum absolute atomic E-state index is 0.0955. The van der Waals surface area contributed by atoms with Gasteiger partial charge in [-0.05, 0) is 43.2 Å². The molecule has 2 bridgehead atoms. The van der Waals surface area contributed by atoms with E-state index in [-0.39, 0.29) is 5.91 Å². The molecule has 1 aromatic rings. The van der Waals surface area contributed by atoms with E-state index in [0.717, 1.165) is 17.4 Å². The van der Waals surface area contributed by atoms with E-state index >= 15 is 0 Å². The summed E-state index contributed by atoms with van der Waals surface area (Å²) in [6, 6.07) is 9.96. The molecule has 0 saturated heterocycles. The maximum atomic E-state index is 12.0. The van der Waals surface area contributed by atoms with Gasteiger partial charge in [-0.25, -0.2) is 0 Å². The Morgan fingerprint density at radius 3 is 2.56 bits per heavy atom. The molecule has 2 heteroatoms. The van der Waals surface area contributed by atoms with Gasteiger partial charge in [-0.3, -0.25) is 4.79 Å². The van der Waals surface area contributed by atoms with Gasteiger partial charge >= 0.3 is 0 Å². The summed E-state index contributed by atoms with van der Waals surface area (Å²) in [6.45, 7) is 0. The summed E-state index contributed by atoms with van der Waals surface area (Å²) in [6.07, 6.45) is 5.22. The second-order valence-corrected chi connectivity index (χ2v) is 5.12. The highest BCUT2D eigenvalue weighted by Gasteiger charge is 2.40. The third kappa shape index (κ3) is 1.73. The molecule has 1 amide bonds. The summed E-state index contributed by atoms with van der Waals surface area (Å²) < 4.78 is 0. The molecule has 2 fully saturated rings. The van der Waals surface area contributed by atoms with Crippen molar-refractivity contribution < 1.29 is 4.79 Å². The van der Waals surface area contributed by atoms with Crippen molar-refractivity contribution in [1.82, 2.24) is 5.32 Å². The van der Waals surface area contributed by atoms with Crippen molar-refractivity contribution in [2.75, 3.05) is 0 Å². The van der Waals surface area contributed by atoms with Crippen LogP contribution in [0.1, 0.15) is 36.0 Å². The van der Waals surface area contributed by atoms with E-state index in [2.05, 4.69) is 5.32 Å². The first-order valence-corrected chi connectivity index (χ1v) is 6.19. The lowest BCUT2D eigenvalue weighted by Gasteiger charge is -2.22. The minimum Gasteiger partial charge on any atom is -0.349 e. The topological polar surface area (TPSA) is 29.1 Å². The van der Waals surface area contributed by atoms with Crippen LogP contribution in [0.5, 0.6) is 0 Å². The predicted molar refractivity (Wildman–Crippen MR) is 63.1 cm³/mol. The highest BCUT2D eigenvalue weighted by atomic mass is 16.1. The highest BCUT2D eigenvalue weighted by Crippen LogP contribution is 2.44. The predicted octanol–water partition coefficient (Wildman–Crippen LogP) is 2.61. The standard InChI is InChI=1S/C14H17NO/c16-14(11-4-2-1-3-5-11)15-13-9-10-6-7-12(13)8-10/h1-5,10,12-13H,6-9H2,(H,15,16)/t10-,12-,13-/m0/s1. The molecule has 1 aromatic carbocycles. The average molecular weight is 215 g/mol. The Hall–Kier alpha value is -1.31. The summed E-state index contributed by atoms with van der Waals surface area (Å²) in [5.74, 6) is 1.72. The van der Waals surface area contributed by atoms with Gasteiger partial charge in [0.2, 0.25) is 0 Å². The Bertz CT molecular complexity index is 387. The van der Waals surface area contributed by atoms with Gasteiger partial charge < -0.3 is 5.32 Å². The van der Waals surface area contributed by atoms with Crippen LogP contribution in [0.25, 0.3) is 0 Å². The minimum atomic E-state index is 0.0955. The first kappa shape index (κ1) is 9.88. The lowest BCUT2D eigenvalue weighted by molar-refractivity contribution is 0.0923. The van der Waals surface area contributed by atoms with E-state index in [1.165, 1.54) is 25.7 Å². The largest absolute Gasteiger partial charge is 0.349 e. The van der Waals surface area contributed by atoms with E-state index in [9.17, 15) is 4.79 Å². The zero-order valence-electron chi connectivity index (χ0n) is 9.36. The van der Waals surface area contributed by atoms with E-state index in [1.54, 1.807) is 0 Å². The molecule has 2 aliphatic carbocycles. The molecular weight excluding hydrogens is 198 g/mol.